The minimum absolute atomic E-state index is 0.0120. The van der Waals surface area contributed by atoms with Crippen molar-refractivity contribution < 1.29 is 23.6 Å². The Balaban J connectivity index is 2.26. The van der Waals surface area contributed by atoms with Crippen LogP contribution in [0.15, 0.2) is 43.5 Å². The van der Waals surface area contributed by atoms with Crippen molar-refractivity contribution in [1.29, 1.82) is 0 Å². The van der Waals surface area contributed by atoms with Crippen molar-refractivity contribution >= 4 is 52.2 Å². The standard InChI is InChI=1S/C30H46N10O6/c1-16(2)13-23(40-27(44)21(37-18(4)41)7-5-11-35-29(31)32)28(45)39-22(8-6-12-36-30(33)34)26(43)38-19-9-10-20-17(3)14-25(42)46-24(20)15-19/h9-10,14-16,21-23H,5-8,11-13H2,1-4H3,(H,37,41)(H,38,43)(H,39,45)(H,40,44)(H4,31,32,35)(H4,33,34,36)/t21-,22-,23-/m0/s1. The molecule has 0 aliphatic carbocycles. The normalized spacial score (nSPS) is 12.8. The number of anilines is 1. The molecule has 0 unspecified atom stereocenters. The number of nitrogens with one attached hydrogen (secondary N) is 4. The van der Waals surface area contributed by atoms with Gasteiger partial charge in [-0.15, -0.1) is 0 Å². The molecule has 2 rings (SSSR count). The van der Waals surface area contributed by atoms with E-state index in [-0.39, 0.29) is 50.2 Å². The number of nitrogens with zero attached hydrogens (tertiary/aromatic N) is 2. The Morgan fingerprint density at radius 2 is 1.35 bits per heavy atom. The summed E-state index contributed by atoms with van der Waals surface area (Å²) in [6, 6.07) is 3.27. The molecule has 4 amide bonds. The maximum atomic E-state index is 13.6. The molecule has 0 spiro atoms. The largest absolute Gasteiger partial charge is 0.423 e. The van der Waals surface area contributed by atoms with E-state index in [4.69, 9.17) is 27.4 Å². The van der Waals surface area contributed by atoms with Crippen LogP contribution in [-0.2, 0) is 19.2 Å². The lowest BCUT2D eigenvalue weighted by Gasteiger charge is -2.26. The number of rotatable bonds is 17. The molecule has 3 atom stereocenters. The molecule has 1 aromatic heterocycles. The van der Waals surface area contributed by atoms with Crippen molar-refractivity contribution in [2.75, 3.05) is 18.4 Å². The molecule has 2 aromatic rings. The predicted octanol–water partition coefficient (Wildman–Crippen LogP) is -0.332. The molecule has 0 aliphatic heterocycles. The molecule has 12 N–H and O–H groups in total. The van der Waals surface area contributed by atoms with Crippen LogP contribution in [0.5, 0.6) is 0 Å². The first-order chi connectivity index (χ1) is 21.7. The summed E-state index contributed by atoms with van der Waals surface area (Å²) in [5.41, 5.74) is 22.4. The minimum atomic E-state index is -1.04. The number of guanidine groups is 2. The van der Waals surface area contributed by atoms with Crippen molar-refractivity contribution in [3.63, 3.8) is 0 Å². The second-order valence-electron chi connectivity index (χ2n) is 11.4. The minimum Gasteiger partial charge on any atom is -0.423 e. The highest BCUT2D eigenvalue weighted by atomic mass is 16.4. The Morgan fingerprint density at radius 3 is 1.89 bits per heavy atom. The molecule has 0 saturated heterocycles. The van der Waals surface area contributed by atoms with Crippen LogP contribution in [0.3, 0.4) is 0 Å². The average Bonchev–Trinajstić information content (AvgIpc) is 2.94. The van der Waals surface area contributed by atoms with Crippen molar-refractivity contribution in [2.24, 2.45) is 38.8 Å². The number of fused-ring (bicyclic) bond motifs is 1. The van der Waals surface area contributed by atoms with E-state index in [1.165, 1.54) is 19.1 Å². The van der Waals surface area contributed by atoms with Crippen LogP contribution in [-0.4, -0.2) is 66.8 Å². The first-order valence-electron chi connectivity index (χ1n) is 15.0. The molecule has 0 aliphatic rings. The molecule has 252 valence electrons. The Morgan fingerprint density at radius 1 is 0.804 bits per heavy atom. The summed E-state index contributed by atoms with van der Waals surface area (Å²) in [5, 5.41) is 11.6. The highest BCUT2D eigenvalue weighted by Gasteiger charge is 2.30. The second kappa shape index (κ2) is 18.0. The molecule has 16 nitrogen and oxygen atoms in total. The van der Waals surface area contributed by atoms with Gasteiger partial charge in [0.15, 0.2) is 11.9 Å². The fraction of sp³-hybridized carbons (Fsp3) is 0.500. The smallest absolute Gasteiger partial charge is 0.336 e. The highest BCUT2D eigenvalue weighted by molar-refractivity contribution is 6.00. The first-order valence-corrected chi connectivity index (χ1v) is 15.0. The lowest BCUT2D eigenvalue weighted by Crippen LogP contribution is -2.56. The molecule has 46 heavy (non-hydrogen) atoms. The van der Waals surface area contributed by atoms with E-state index in [1.807, 2.05) is 13.8 Å². The van der Waals surface area contributed by atoms with E-state index in [1.54, 1.807) is 19.1 Å². The van der Waals surface area contributed by atoms with Crippen LogP contribution in [0.4, 0.5) is 5.69 Å². The molecule has 0 radical (unpaired) electrons. The summed E-state index contributed by atoms with van der Waals surface area (Å²) in [6.45, 7) is 7.29. The van der Waals surface area contributed by atoms with E-state index in [2.05, 4.69) is 31.3 Å². The Kier molecular flexibility index (Phi) is 14.5. The molecule has 0 bridgehead atoms. The Bertz CT molecular complexity index is 1490. The van der Waals surface area contributed by atoms with E-state index in [9.17, 15) is 24.0 Å². The number of carbonyl (C=O) groups excluding carboxylic acids is 4. The maximum Gasteiger partial charge on any atom is 0.336 e. The van der Waals surface area contributed by atoms with Gasteiger partial charge >= 0.3 is 5.63 Å². The number of nitrogens with two attached hydrogens (primary N) is 4. The number of aliphatic imine (C=N–C) groups is 2. The third kappa shape index (κ3) is 12.8. The predicted molar refractivity (Wildman–Crippen MR) is 177 cm³/mol. The zero-order valence-corrected chi connectivity index (χ0v) is 26.7. The summed E-state index contributed by atoms with van der Waals surface area (Å²) in [5.74, 6) is -2.33. The fourth-order valence-corrected chi connectivity index (χ4v) is 4.67. The van der Waals surface area contributed by atoms with Crippen LogP contribution >= 0.6 is 0 Å². The topological polar surface area (TPSA) is 275 Å². The number of carbonyl (C=O) groups is 4. The molecule has 16 heteroatoms. The van der Waals surface area contributed by atoms with Crippen LogP contribution < -0.4 is 49.8 Å². The molecule has 0 saturated carbocycles. The van der Waals surface area contributed by atoms with E-state index in [0.717, 1.165) is 5.56 Å². The summed E-state index contributed by atoms with van der Waals surface area (Å²) >= 11 is 0. The zero-order chi connectivity index (χ0) is 34.4. The van der Waals surface area contributed by atoms with Gasteiger partial charge in [0.25, 0.3) is 0 Å². The van der Waals surface area contributed by atoms with Crippen LogP contribution in [0.1, 0.15) is 58.4 Å². The number of benzene rings is 1. The summed E-state index contributed by atoms with van der Waals surface area (Å²) in [7, 11) is 0. The van der Waals surface area contributed by atoms with E-state index in [0.29, 0.717) is 29.5 Å². The van der Waals surface area contributed by atoms with E-state index < -0.39 is 47.4 Å². The maximum absolute atomic E-state index is 13.6. The van der Waals surface area contributed by atoms with E-state index >= 15 is 0 Å². The third-order valence-electron chi connectivity index (χ3n) is 6.78. The Labute approximate surface area is 267 Å². The van der Waals surface area contributed by atoms with Crippen molar-refractivity contribution in [2.45, 2.75) is 77.9 Å². The van der Waals surface area contributed by atoms with Gasteiger partial charge in [-0.1, -0.05) is 13.8 Å². The monoisotopic (exact) mass is 642 g/mol. The third-order valence-corrected chi connectivity index (χ3v) is 6.78. The number of aryl methyl sites for hydroxylation is 1. The van der Waals surface area contributed by atoms with Gasteiger partial charge < -0.3 is 48.6 Å². The van der Waals surface area contributed by atoms with Crippen molar-refractivity contribution in [3.8, 4) is 0 Å². The quantitative estimate of drug-likeness (QED) is 0.0481. The SMILES string of the molecule is CC(=O)N[C@@H](CCCN=C(N)N)C(=O)N[C@@H](CC(C)C)C(=O)N[C@@H](CCCN=C(N)N)C(=O)Nc1ccc2c(C)cc(=O)oc2c1. The fourth-order valence-electron chi connectivity index (χ4n) is 4.67. The van der Waals surface area contributed by atoms with Gasteiger partial charge in [-0.25, -0.2) is 4.79 Å². The summed E-state index contributed by atoms with van der Waals surface area (Å²) in [4.78, 5) is 71.8. The summed E-state index contributed by atoms with van der Waals surface area (Å²) in [6.07, 6.45) is 1.39. The van der Waals surface area contributed by atoms with Gasteiger partial charge in [0.2, 0.25) is 23.6 Å². The van der Waals surface area contributed by atoms with Gasteiger partial charge in [0.05, 0.1) is 0 Å². The lowest BCUT2D eigenvalue weighted by atomic mass is 10.0. The first kappa shape index (κ1) is 37.0. The average molecular weight is 643 g/mol. The second-order valence-corrected chi connectivity index (χ2v) is 11.4. The van der Waals surface area contributed by atoms with Crippen LogP contribution in [0, 0.1) is 12.8 Å². The van der Waals surface area contributed by atoms with Gasteiger partial charge in [-0.2, -0.15) is 0 Å². The van der Waals surface area contributed by atoms with Gasteiger partial charge in [-0.3, -0.25) is 29.2 Å². The zero-order valence-electron chi connectivity index (χ0n) is 26.7. The van der Waals surface area contributed by atoms with Gasteiger partial charge in [0.1, 0.15) is 23.7 Å². The Hall–Kier alpha value is -5.15. The number of hydrogen-bond donors (Lipinski definition) is 8. The van der Waals surface area contributed by atoms with Crippen LogP contribution in [0.2, 0.25) is 0 Å². The molecule has 0 fully saturated rings. The van der Waals surface area contributed by atoms with Crippen molar-refractivity contribution in [1.82, 2.24) is 16.0 Å². The molecular formula is C30H46N10O6. The van der Waals surface area contributed by atoms with Crippen molar-refractivity contribution in [3.05, 3.63) is 40.2 Å². The highest BCUT2D eigenvalue weighted by Crippen LogP contribution is 2.21. The number of hydrogen-bond acceptors (Lipinski definition) is 8. The molecule has 1 heterocycles. The van der Waals surface area contributed by atoms with Crippen LogP contribution in [0.25, 0.3) is 11.0 Å². The lowest BCUT2D eigenvalue weighted by molar-refractivity contribution is -0.133. The molecular weight excluding hydrogens is 596 g/mol. The van der Waals surface area contributed by atoms with Gasteiger partial charge in [0, 0.05) is 43.2 Å². The number of amides is 4. The van der Waals surface area contributed by atoms with Gasteiger partial charge in [-0.05, 0) is 62.6 Å². The molecule has 1 aromatic carbocycles. The summed E-state index contributed by atoms with van der Waals surface area (Å²) < 4.78 is 5.28.